The van der Waals surface area contributed by atoms with Gasteiger partial charge in [-0.25, -0.2) is 4.98 Å². The number of hydrogen-bond acceptors (Lipinski definition) is 5. The third-order valence-electron chi connectivity index (χ3n) is 16.8. The zero-order chi connectivity index (χ0) is 57.1. The highest BCUT2D eigenvalue weighted by molar-refractivity contribution is 7.00. The van der Waals surface area contributed by atoms with Crippen LogP contribution in [-0.4, -0.2) is 11.7 Å². The standard InChI is InChI=1S/C75H77BN4O/c1-71(2,3)51-32-30-49(31-33-51)48-26-28-50(29-27-48)70-77-63-46-62-65(47-68(63)81-70)80(60-41-53(73(7,8)9)40-54(42-60)74(10,11)12)67-44-55(75(13,14)15)43-66-69(67)76(62)61-39-38-59(78(56-22-18-16-19-23-56)57-24-20-17-21-25-57)45-64(61)79(66)58-36-34-52(35-37-58)72(4,5)6/h16-47H,1-15H3. The molecule has 0 atom stereocenters. The molecular weight excluding hydrogens is 984 g/mol. The molecule has 2 aliphatic heterocycles. The fraction of sp³-hybridized carbons (Fsp3) is 0.267. The molecule has 5 nitrogen and oxygen atoms in total. The lowest BCUT2D eigenvalue weighted by Gasteiger charge is -2.45. The van der Waals surface area contributed by atoms with E-state index in [1.165, 1.54) is 61.1 Å². The number of anilines is 9. The zero-order valence-electron chi connectivity index (χ0n) is 50.2. The van der Waals surface area contributed by atoms with E-state index in [1.807, 2.05) is 0 Å². The van der Waals surface area contributed by atoms with E-state index in [9.17, 15) is 0 Å². The van der Waals surface area contributed by atoms with E-state index in [4.69, 9.17) is 9.40 Å². The summed E-state index contributed by atoms with van der Waals surface area (Å²) in [7, 11) is 0. The highest BCUT2D eigenvalue weighted by atomic mass is 16.3. The molecule has 1 aromatic heterocycles. The minimum atomic E-state index is -0.201. The molecule has 0 fully saturated rings. The summed E-state index contributed by atoms with van der Waals surface area (Å²) in [5, 5.41) is 0. The molecule has 0 saturated heterocycles. The first kappa shape index (κ1) is 53.6. The van der Waals surface area contributed by atoms with Crippen molar-refractivity contribution in [3.63, 3.8) is 0 Å². The predicted octanol–water partition coefficient (Wildman–Crippen LogP) is 19.2. The van der Waals surface area contributed by atoms with E-state index in [2.05, 4.69) is 313 Å². The average Bonchev–Trinajstić information content (AvgIpc) is 2.88. The molecule has 0 N–H and O–H groups in total. The number of para-hydroxylation sites is 2. The summed E-state index contributed by atoms with van der Waals surface area (Å²) in [5.74, 6) is 0.604. The van der Waals surface area contributed by atoms with Gasteiger partial charge in [0.2, 0.25) is 5.89 Å². The lowest BCUT2D eigenvalue weighted by atomic mass is 9.33. The Morgan fingerprint density at radius 1 is 0.358 bits per heavy atom. The van der Waals surface area contributed by atoms with Crippen LogP contribution >= 0.6 is 0 Å². The third kappa shape index (κ3) is 9.85. The van der Waals surface area contributed by atoms with Crippen LogP contribution in [0.4, 0.5) is 51.2 Å². The van der Waals surface area contributed by atoms with E-state index in [1.54, 1.807) is 0 Å². The molecule has 3 heterocycles. The lowest BCUT2D eigenvalue weighted by molar-refractivity contribution is 0.568. The van der Waals surface area contributed by atoms with Gasteiger partial charge in [0.05, 0.1) is 0 Å². The summed E-state index contributed by atoms with van der Waals surface area (Å²) in [4.78, 5) is 12.9. The van der Waals surface area contributed by atoms with Crippen molar-refractivity contribution in [2.75, 3.05) is 14.7 Å². The van der Waals surface area contributed by atoms with Crippen molar-refractivity contribution < 1.29 is 4.42 Å². The molecule has 0 unspecified atom stereocenters. The Morgan fingerprint density at radius 3 is 1.31 bits per heavy atom. The molecule has 0 spiro atoms. The van der Waals surface area contributed by atoms with Gasteiger partial charge in [-0.15, -0.1) is 0 Å². The average molecular weight is 1060 g/mol. The van der Waals surface area contributed by atoms with Crippen LogP contribution in [-0.2, 0) is 27.1 Å². The maximum absolute atomic E-state index is 6.98. The number of benzene rings is 9. The molecule has 0 saturated carbocycles. The van der Waals surface area contributed by atoms with Crippen LogP contribution in [0.2, 0.25) is 0 Å². The van der Waals surface area contributed by atoms with E-state index in [0.29, 0.717) is 5.89 Å². The van der Waals surface area contributed by atoms with Gasteiger partial charge in [0.15, 0.2) is 5.58 Å². The fourth-order valence-corrected chi connectivity index (χ4v) is 11.9. The summed E-state index contributed by atoms with van der Waals surface area (Å²) in [6, 6.07) is 72.6. The SMILES string of the molecule is CC(C)(C)c1ccc(-c2ccc(-c3nc4cc5c(cc4o3)N(c3cc(C(C)(C)C)cc(C(C)(C)C)c3)c3cc(C(C)(C)C)cc4c3B5c3ccc(N(c5ccccc5)c5ccccc5)cc3N4c3ccc(C(C)(C)C)cc3)cc2)cc1. The Labute approximate surface area is 482 Å². The van der Waals surface area contributed by atoms with E-state index in [0.717, 1.165) is 62.0 Å². The van der Waals surface area contributed by atoms with Crippen molar-refractivity contribution in [1.29, 1.82) is 0 Å². The van der Waals surface area contributed by atoms with Gasteiger partial charge in [0, 0.05) is 62.8 Å². The van der Waals surface area contributed by atoms with Crippen LogP contribution in [0.15, 0.2) is 199 Å². The second kappa shape index (κ2) is 19.3. The molecule has 6 heteroatoms. The molecule has 2 aliphatic rings. The second-order valence-electron chi connectivity index (χ2n) is 27.9. The van der Waals surface area contributed by atoms with E-state index in [-0.39, 0.29) is 33.8 Å². The molecule has 10 aromatic rings. The van der Waals surface area contributed by atoms with Crippen molar-refractivity contribution in [1.82, 2.24) is 4.98 Å². The minimum absolute atomic E-state index is 0.0137. The molecular formula is C75H77BN4O. The summed E-state index contributed by atoms with van der Waals surface area (Å²) in [6.45, 7) is 34.6. The van der Waals surface area contributed by atoms with Crippen molar-refractivity contribution in [3.05, 3.63) is 222 Å². The summed E-state index contributed by atoms with van der Waals surface area (Å²) in [5.41, 5.74) is 24.8. The smallest absolute Gasteiger partial charge is 0.252 e. The van der Waals surface area contributed by atoms with Gasteiger partial charge in [-0.05, 0) is 173 Å². The Balaban J connectivity index is 1.13. The van der Waals surface area contributed by atoms with Crippen molar-refractivity contribution in [2.24, 2.45) is 0 Å². The van der Waals surface area contributed by atoms with Gasteiger partial charge < -0.3 is 19.1 Å². The highest BCUT2D eigenvalue weighted by Gasteiger charge is 2.45. The van der Waals surface area contributed by atoms with Gasteiger partial charge in [-0.2, -0.15) is 0 Å². The number of rotatable bonds is 7. The molecule has 0 radical (unpaired) electrons. The normalized spacial score (nSPS) is 13.5. The quantitative estimate of drug-likeness (QED) is 0.149. The number of fused-ring (bicyclic) bond motifs is 5. The molecule has 12 rings (SSSR count). The molecule has 81 heavy (non-hydrogen) atoms. The Bertz CT molecular complexity index is 3920. The van der Waals surface area contributed by atoms with Crippen LogP contribution < -0.4 is 31.1 Å². The Hall–Kier alpha value is -8.09. The molecule has 0 amide bonds. The molecule has 0 bridgehead atoms. The predicted molar refractivity (Wildman–Crippen MR) is 347 cm³/mol. The van der Waals surface area contributed by atoms with Gasteiger partial charge >= 0.3 is 0 Å². The first-order valence-electron chi connectivity index (χ1n) is 29.0. The van der Waals surface area contributed by atoms with Crippen LogP contribution in [0.3, 0.4) is 0 Å². The maximum atomic E-state index is 6.98. The van der Waals surface area contributed by atoms with Crippen molar-refractivity contribution >= 4 is 85.4 Å². The van der Waals surface area contributed by atoms with Crippen LogP contribution in [0, 0.1) is 0 Å². The Morgan fingerprint density at radius 2 is 0.802 bits per heavy atom. The molecule has 406 valence electrons. The van der Waals surface area contributed by atoms with Gasteiger partial charge in [0.1, 0.15) is 5.52 Å². The lowest BCUT2D eigenvalue weighted by Crippen LogP contribution is -2.61. The van der Waals surface area contributed by atoms with Crippen LogP contribution in [0.5, 0.6) is 0 Å². The monoisotopic (exact) mass is 1060 g/mol. The van der Waals surface area contributed by atoms with Crippen LogP contribution in [0.1, 0.15) is 132 Å². The third-order valence-corrected chi connectivity index (χ3v) is 16.8. The largest absolute Gasteiger partial charge is 0.436 e. The fourth-order valence-electron chi connectivity index (χ4n) is 11.9. The highest BCUT2D eigenvalue weighted by Crippen LogP contribution is 2.50. The Kier molecular flexibility index (Phi) is 12.8. The van der Waals surface area contributed by atoms with E-state index < -0.39 is 0 Å². The maximum Gasteiger partial charge on any atom is 0.252 e. The number of hydrogen-bond donors (Lipinski definition) is 0. The summed E-state index contributed by atoms with van der Waals surface area (Å²) >= 11 is 0. The topological polar surface area (TPSA) is 35.8 Å². The summed E-state index contributed by atoms with van der Waals surface area (Å²) < 4.78 is 6.98. The number of aromatic nitrogens is 1. The van der Waals surface area contributed by atoms with Crippen LogP contribution in [0.25, 0.3) is 33.7 Å². The van der Waals surface area contributed by atoms with E-state index >= 15 is 0 Å². The number of oxazole rings is 1. The van der Waals surface area contributed by atoms with Gasteiger partial charge in [0.25, 0.3) is 6.71 Å². The minimum Gasteiger partial charge on any atom is -0.436 e. The van der Waals surface area contributed by atoms with Gasteiger partial charge in [-0.3, -0.25) is 0 Å². The van der Waals surface area contributed by atoms with Gasteiger partial charge in [-0.1, -0.05) is 201 Å². The molecule has 0 aliphatic carbocycles. The van der Waals surface area contributed by atoms with Crippen molar-refractivity contribution in [2.45, 2.75) is 131 Å². The number of nitrogens with zero attached hydrogens (tertiary/aromatic N) is 4. The zero-order valence-corrected chi connectivity index (χ0v) is 50.2. The van der Waals surface area contributed by atoms with Crippen molar-refractivity contribution in [3.8, 4) is 22.6 Å². The first-order chi connectivity index (χ1) is 38.3. The summed E-state index contributed by atoms with van der Waals surface area (Å²) in [6.07, 6.45) is 0. The first-order valence-corrected chi connectivity index (χ1v) is 29.0. The second-order valence-corrected chi connectivity index (χ2v) is 27.9. The molecule has 9 aromatic carbocycles.